The van der Waals surface area contributed by atoms with Gasteiger partial charge in [-0.15, -0.1) is 0 Å². The van der Waals surface area contributed by atoms with Gasteiger partial charge in [0, 0.05) is 0 Å². The van der Waals surface area contributed by atoms with E-state index < -0.39 is 31.3 Å². The fourth-order valence-corrected chi connectivity index (χ4v) is 0. The third-order valence-electron chi connectivity index (χ3n) is 0.667. The Morgan fingerprint density at radius 3 is 0.810 bits per heavy atom. The molecule has 0 bridgehead atoms. The van der Waals surface area contributed by atoms with Crippen molar-refractivity contribution in [1.29, 1.82) is 0 Å². The molecule has 0 unspecified atom stereocenters. The maximum absolute atomic E-state index is 10.7. The number of aliphatic hydroxyl groups is 2. The number of alkyl halides is 6. The predicted molar refractivity (Wildman–Crippen MR) is 45.7 cm³/mol. The molecule has 17 heteroatoms. The Labute approximate surface area is 127 Å². The summed E-state index contributed by atoms with van der Waals surface area (Å²) in [6.07, 6.45) is 0. The molecular formula is C4H6F6O8S2Zn. The summed E-state index contributed by atoms with van der Waals surface area (Å²) >= 11 is 0. The molecule has 0 saturated carbocycles. The van der Waals surface area contributed by atoms with Gasteiger partial charge >= 0.3 is 30.5 Å². The zero-order valence-corrected chi connectivity index (χ0v) is 14.1. The summed E-state index contributed by atoms with van der Waals surface area (Å²) < 4.78 is 118. The SMILES string of the molecule is O=S(=O)([O-])C(F)(F)F.O=S(=O)([O-])C(F)(F)F.OCCO.[Zn+2]. The maximum Gasteiger partial charge on any atom is 2.00 e. The predicted octanol–water partition coefficient (Wildman–Crippen LogP) is -0.929. The van der Waals surface area contributed by atoms with Crippen LogP contribution in [0.15, 0.2) is 0 Å². The fourth-order valence-electron chi connectivity index (χ4n) is 0. The molecule has 0 atom stereocenters. The topological polar surface area (TPSA) is 155 Å². The van der Waals surface area contributed by atoms with E-state index in [0.717, 1.165) is 0 Å². The van der Waals surface area contributed by atoms with Gasteiger partial charge in [0.25, 0.3) is 0 Å². The van der Waals surface area contributed by atoms with E-state index in [0.29, 0.717) is 0 Å². The summed E-state index contributed by atoms with van der Waals surface area (Å²) in [5.41, 5.74) is -11.3. The first-order valence-electron chi connectivity index (χ1n) is 3.67. The van der Waals surface area contributed by atoms with Gasteiger partial charge in [0.15, 0.2) is 20.2 Å². The normalized spacial score (nSPS) is 12.1. The van der Waals surface area contributed by atoms with Crippen molar-refractivity contribution in [2.75, 3.05) is 13.2 Å². The van der Waals surface area contributed by atoms with E-state index >= 15 is 0 Å². The molecule has 21 heavy (non-hydrogen) atoms. The van der Waals surface area contributed by atoms with Gasteiger partial charge in [0.1, 0.15) is 0 Å². The second-order valence-electron chi connectivity index (χ2n) is 2.25. The Morgan fingerprint density at radius 1 is 0.714 bits per heavy atom. The Balaban J connectivity index is -0.000000107. The molecule has 0 aliphatic rings. The largest absolute Gasteiger partial charge is 2.00 e. The van der Waals surface area contributed by atoms with Crippen LogP contribution >= 0.6 is 0 Å². The van der Waals surface area contributed by atoms with Crippen LogP contribution in [0.3, 0.4) is 0 Å². The molecule has 0 aliphatic carbocycles. The fraction of sp³-hybridized carbons (Fsp3) is 1.00. The molecule has 0 amide bonds. The van der Waals surface area contributed by atoms with E-state index in [1.54, 1.807) is 0 Å². The molecule has 0 rings (SSSR count). The van der Waals surface area contributed by atoms with E-state index in [-0.39, 0.29) is 32.7 Å². The summed E-state index contributed by atoms with van der Waals surface area (Å²) in [6.45, 7) is -0.250. The van der Waals surface area contributed by atoms with Crippen LogP contribution < -0.4 is 0 Å². The Kier molecular flexibility index (Phi) is 14.7. The third kappa shape index (κ3) is 17.9. The zero-order chi connectivity index (χ0) is 17.4. The molecule has 2 N–H and O–H groups in total. The number of hydrogen-bond donors (Lipinski definition) is 2. The van der Waals surface area contributed by atoms with E-state index in [2.05, 4.69) is 0 Å². The van der Waals surface area contributed by atoms with Gasteiger partial charge in [-0.2, -0.15) is 26.3 Å². The maximum atomic E-state index is 10.7. The minimum Gasteiger partial charge on any atom is -0.741 e. The summed E-state index contributed by atoms with van der Waals surface area (Å²) in [4.78, 5) is 0. The van der Waals surface area contributed by atoms with Crippen molar-refractivity contribution in [1.82, 2.24) is 0 Å². The van der Waals surface area contributed by atoms with E-state index in [1.807, 2.05) is 0 Å². The molecule has 0 fully saturated rings. The zero-order valence-electron chi connectivity index (χ0n) is 9.55. The summed E-state index contributed by atoms with van der Waals surface area (Å²) in [5.74, 6) is 0. The average molecular weight is 426 g/mol. The van der Waals surface area contributed by atoms with Crippen LogP contribution in [0.1, 0.15) is 0 Å². The monoisotopic (exact) mass is 424 g/mol. The number of halogens is 6. The van der Waals surface area contributed by atoms with Crippen LogP contribution in [-0.2, 0) is 39.7 Å². The molecule has 0 aromatic heterocycles. The quantitative estimate of drug-likeness (QED) is 0.236. The molecule has 0 heterocycles. The molecule has 126 valence electrons. The van der Waals surface area contributed by atoms with Crippen molar-refractivity contribution in [2.24, 2.45) is 0 Å². The average Bonchev–Trinajstić information content (AvgIpc) is 2.12. The summed E-state index contributed by atoms with van der Waals surface area (Å²) in [7, 11) is -12.2. The summed E-state index contributed by atoms with van der Waals surface area (Å²) in [6, 6.07) is 0. The van der Waals surface area contributed by atoms with Crippen LogP contribution in [0, 0.1) is 0 Å². The molecule has 0 aliphatic heterocycles. The molecule has 8 nitrogen and oxygen atoms in total. The van der Waals surface area contributed by atoms with Crippen LogP contribution in [0.5, 0.6) is 0 Å². The smallest absolute Gasteiger partial charge is 0.741 e. The van der Waals surface area contributed by atoms with Crippen molar-refractivity contribution in [2.45, 2.75) is 11.0 Å². The molecule has 0 aromatic carbocycles. The van der Waals surface area contributed by atoms with Gasteiger partial charge in [-0.05, 0) is 0 Å². The van der Waals surface area contributed by atoms with Gasteiger partial charge in [-0.3, -0.25) is 0 Å². The van der Waals surface area contributed by atoms with Gasteiger partial charge in [0.05, 0.1) is 13.2 Å². The number of aliphatic hydroxyl groups excluding tert-OH is 2. The summed E-state index contributed by atoms with van der Waals surface area (Å²) in [5, 5.41) is 15.2. The minimum atomic E-state index is -6.09. The second kappa shape index (κ2) is 10.6. The second-order valence-corrected chi connectivity index (χ2v) is 4.99. The van der Waals surface area contributed by atoms with E-state index in [9.17, 15) is 26.3 Å². The Bertz CT molecular complexity index is 408. The molecule has 0 saturated heterocycles. The molecule has 0 spiro atoms. The van der Waals surface area contributed by atoms with Crippen LogP contribution in [0.2, 0.25) is 0 Å². The van der Waals surface area contributed by atoms with Crippen molar-refractivity contribution in [3.05, 3.63) is 0 Å². The van der Waals surface area contributed by atoms with Crippen LogP contribution in [0.25, 0.3) is 0 Å². The first-order valence-corrected chi connectivity index (χ1v) is 6.49. The number of hydrogen-bond acceptors (Lipinski definition) is 8. The van der Waals surface area contributed by atoms with Crippen molar-refractivity contribution in [3.63, 3.8) is 0 Å². The van der Waals surface area contributed by atoms with Gasteiger partial charge in [-0.1, -0.05) is 0 Å². The molecule has 0 radical (unpaired) electrons. The first-order chi connectivity index (χ1) is 8.41. The van der Waals surface area contributed by atoms with E-state index in [1.165, 1.54) is 0 Å². The van der Waals surface area contributed by atoms with Crippen molar-refractivity contribution in [3.8, 4) is 0 Å². The van der Waals surface area contributed by atoms with Crippen molar-refractivity contribution < 1.29 is 82.0 Å². The minimum absolute atomic E-state index is 0. The molecular weight excluding hydrogens is 420 g/mol. The third-order valence-corrected chi connectivity index (χ3v) is 1.80. The Hall–Kier alpha value is -0.0566. The molecule has 0 aromatic rings. The van der Waals surface area contributed by atoms with Gasteiger partial charge in [0.2, 0.25) is 0 Å². The van der Waals surface area contributed by atoms with Crippen LogP contribution in [0.4, 0.5) is 26.3 Å². The van der Waals surface area contributed by atoms with Gasteiger partial charge in [-0.25, -0.2) is 16.8 Å². The van der Waals surface area contributed by atoms with Crippen molar-refractivity contribution >= 4 is 20.2 Å². The van der Waals surface area contributed by atoms with Gasteiger partial charge < -0.3 is 19.3 Å². The Morgan fingerprint density at radius 2 is 0.810 bits per heavy atom. The standard InChI is InChI=1S/C2H6O2.2CHF3O3S.Zn/c3-1-2-4;2*2-1(3,4)8(5,6)7;/h3-4H,1-2H2;2*(H,5,6,7);/q;;;+2/p-2. The first kappa shape index (κ1) is 29.0. The number of rotatable bonds is 1. The van der Waals surface area contributed by atoms with Crippen LogP contribution in [-0.4, -0.2) is 60.4 Å². The van der Waals surface area contributed by atoms with E-state index in [4.69, 9.17) is 36.2 Å².